The summed E-state index contributed by atoms with van der Waals surface area (Å²) in [4.78, 5) is 16.0. The van der Waals surface area contributed by atoms with Crippen molar-refractivity contribution in [1.29, 1.82) is 0 Å². The van der Waals surface area contributed by atoms with Gasteiger partial charge in [-0.05, 0) is 18.2 Å². The molecule has 0 aliphatic carbocycles. The summed E-state index contributed by atoms with van der Waals surface area (Å²) < 4.78 is 4.96. The van der Waals surface area contributed by atoms with Gasteiger partial charge in [-0.2, -0.15) is 0 Å². The zero-order valence-electron chi connectivity index (χ0n) is 9.98. The summed E-state index contributed by atoms with van der Waals surface area (Å²) in [6.45, 7) is 0. The first-order valence-corrected chi connectivity index (χ1v) is 6.13. The van der Waals surface area contributed by atoms with E-state index in [0.29, 0.717) is 27.2 Å². The van der Waals surface area contributed by atoms with Crippen LogP contribution in [0.25, 0.3) is 0 Å². The van der Waals surface area contributed by atoms with Crippen molar-refractivity contribution in [3.63, 3.8) is 0 Å². The molecule has 0 saturated heterocycles. The Hall–Kier alpha value is -1.78. The highest BCUT2D eigenvalue weighted by atomic mass is 35.5. The van der Waals surface area contributed by atoms with Crippen molar-refractivity contribution in [2.75, 3.05) is 12.4 Å². The number of aromatic nitrogens is 1. The maximum atomic E-state index is 12.1. The van der Waals surface area contributed by atoms with Gasteiger partial charge < -0.3 is 10.1 Å². The molecule has 1 amide bonds. The number of amides is 1. The van der Waals surface area contributed by atoms with Gasteiger partial charge in [0.25, 0.3) is 5.91 Å². The third kappa shape index (κ3) is 3.16. The molecule has 0 atom stereocenters. The lowest BCUT2D eigenvalue weighted by Gasteiger charge is -2.09. The summed E-state index contributed by atoms with van der Waals surface area (Å²) >= 11 is 12.0. The van der Waals surface area contributed by atoms with Crippen molar-refractivity contribution in [1.82, 2.24) is 4.98 Å². The summed E-state index contributed by atoms with van der Waals surface area (Å²) in [5.74, 6) is 0.0219. The number of hydrogen-bond donors (Lipinski definition) is 1. The normalized spacial score (nSPS) is 10.1. The molecule has 4 nitrogen and oxygen atoms in total. The summed E-state index contributed by atoms with van der Waals surface area (Å²) in [5, 5.41) is 3.41. The number of anilines is 1. The lowest BCUT2D eigenvalue weighted by atomic mass is 10.2. The molecule has 19 heavy (non-hydrogen) atoms. The third-order valence-corrected chi connectivity index (χ3v) is 3.04. The van der Waals surface area contributed by atoms with Crippen molar-refractivity contribution >= 4 is 34.8 Å². The minimum absolute atomic E-state index is 0.337. The molecule has 2 rings (SSSR count). The number of pyridine rings is 1. The van der Waals surface area contributed by atoms with E-state index >= 15 is 0 Å². The van der Waals surface area contributed by atoms with Crippen molar-refractivity contribution in [2.45, 2.75) is 0 Å². The Bertz CT molecular complexity index is 597. The molecule has 6 heteroatoms. The Morgan fingerprint density at radius 3 is 2.58 bits per heavy atom. The largest absolute Gasteiger partial charge is 0.481 e. The van der Waals surface area contributed by atoms with E-state index in [2.05, 4.69) is 10.3 Å². The fourth-order valence-electron chi connectivity index (χ4n) is 1.47. The number of hydrogen-bond acceptors (Lipinski definition) is 3. The quantitative estimate of drug-likeness (QED) is 0.940. The molecular formula is C13H10Cl2N2O2. The van der Waals surface area contributed by atoms with Crippen molar-refractivity contribution in [3.05, 3.63) is 52.1 Å². The fourth-order valence-corrected chi connectivity index (χ4v) is 1.96. The first kappa shape index (κ1) is 13.6. The van der Waals surface area contributed by atoms with E-state index in [1.165, 1.54) is 19.4 Å². The summed E-state index contributed by atoms with van der Waals surface area (Å²) in [5.41, 5.74) is 0.787. The van der Waals surface area contributed by atoms with Crippen molar-refractivity contribution in [2.24, 2.45) is 0 Å². The Labute approximate surface area is 120 Å². The second-order valence-corrected chi connectivity index (χ2v) is 4.45. The van der Waals surface area contributed by atoms with Gasteiger partial charge in [0, 0.05) is 17.8 Å². The third-order valence-electron chi connectivity index (χ3n) is 2.41. The van der Waals surface area contributed by atoms with Gasteiger partial charge in [-0.3, -0.25) is 4.79 Å². The van der Waals surface area contributed by atoms with Gasteiger partial charge in [-0.15, -0.1) is 0 Å². The van der Waals surface area contributed by atoms with Crippen LogP contribution in [0, 0.1) is 0 Å². The topological polar surface area (TPSA) is 51.2 Å². The number of nitrogens with one attached hydrogen (secondary N) is 1. The molecule has 0 saturated carbocycles. The molecule has 0 radical (unpaired) electrons. The predicted molar refractivity (Wildman–Crippen MR) is 75.2 cm³/mol. The minimum Gasteiger partial charge on any atom is -0.481 e. The highest BCUT2D eigenvalue weighted by Gasteiger charge is 2.12. The SMILES string of the molecule is COc1cc(C(=O)Nc2c(Cl)cccc2Cl)ccn1. The van der Waals surface area contributed by atoms with Crippen LogP contribution in [0.15, 0.2) is 36.5 Å². The van der Waals surface area contributed by atoms with Gasteiger partial charge in [-0.1, -0.05) is 29.3 Å². The molecule has 0 unspecified atom stereocenters. The van der Waals surface area contributed by atoms with E-state index in [1.54, 1.807) is 24.3 Å². The smallest absolute Gasteiger partial charge is 0.255 e. The van der Waals surface area contributed by atoms with Crippen LogP contribution >= 0.6 is 23.2 Å². The van der Waals surface area contributed by atoms with Gasteiger partial charge >= 0.3 is 0 Å². The zero-order valence-corrected chi connectivity index (χ0v) is 11.5. The lowest BCUT2D eigenvalue weighted by molar-refractivity contribution is 0.102. The Morgan fingerprint density at radius 2 is 1.95 bits per heavy atom. The second kappa shape index (κ2) is 5.91. The maximum absolute atomic E-state index is 12.1. The minimum atomic E-state index is -0.337. The van der Waals surface area contributed by atoms with Gasteiger partial charge in [0.05, 0.1) is 22.8 Å². The first-order chi connectivity index (χ1) is 9.11. The molecule has 1 aromatic carbocycles. The molecule has 0 aliphatic rings. The number of nitrogens with zero attached hydrogens (tertiary/aromatic N) is 1. The number of carbonyl (C=O) groups is 1. The van der Waals surface area contributed by atoms with E-state index in [9.17, 15) is 4.79 Å². The second-order valence-electron chi connectivity index (χ2n) is 3.64. The van der Waals surface area contributed by atoms with Gasteiger partial charge in [0.1, 0.15) is 0 Å². The number of benzene rings is 1. The molecule has 0 spiro atoms. The highest BCUT2D eigenvalue weighted by molar-refractivity contribution is 6.40. The molecular weight excluding hydrogens is 287 g/mol. The summed E-state index contributed by atoms with van der Waals surface area (Å²) in [6.07, 6.45) is 1.49. The molecule has 1 aromatic heterocycles. The van der Waals surface area contributed by atoms with E-state index in [4.69, 9.17) is 27.9 Å². The van der Waals surface area contributed by atoms with Crippen LogP contribution in [0.2, 0.25) is 10.0 Å². The first-order valence-electron chi connectivity index (χ1n) is 5.37. The average Bonchev–Trinajstić information content (AvgIpc) is 2.43. The Balaban J connectivity index is 2.25. The molecule has 98 valence electrons. The fraction of sp³-hybridized carbons (Fsp3) is 0.0769. The van der Waals surface area contributed by atoms with E-state index in [1.807, 2.05) is 0 Å². The number of carbonyl (C=O) groups excluding carboxylic acids is 1. The van der Waals surface area contributed by atoms with Crippen LogP contribution in [0.1, 0.15) is 10.4 Å². The summed E-state index contributed by atoms with van der Waals surface area (Å²) in [7, 11) is 1.48. The van der Waals surface area contributed by atoms with Crippen LogP contribution in [0.3, 0.4) is 0 Å². The highest BCUT2D eigenvalue weighted by Crippen LogP contribution is 2.30. The molecule has 0 fully saturated rings. The molecule has 0 bridgehead atoms. The molecule has 1 heterocycles. The van der Waals surface area contributed by atoms with Crippen LogP contribution in [-0.4, -0.2) is 18.0 Å². The standard InChI is InChI=1S/C13H10Cl2N2O2/c1-19-11-7-8(5-6-16-11)13(18)17-12-9(14)3-2-4-10(12)15/h2-7H,1H3,(H,17,18). The van der Waals surface area contributed by atoms with E-state index in [-0.39, 0.29) is 5.91 Å². The summed E-state index contributed by atoms with van der Waals surface area (Å²) in [6, 6.07) is 8.10. The van der Waals surface area contributed by atoms with Gasteiger partial charge in [0.15, 0.2) is 0 Å². The number of ether oxygens (including phenoxy) is 1. The number of rotatable bonds is 3. The number of methoxy groups -OCH3 is 1. The average molecular weight is 297 g/mol. The predicted octanol–water partition coefficient (Wildman–Crippen LogP) is 3.65. The lowest BCUT2D eigenvalue weighted by Crippen LogP contribution is -2.12. The maximum Gasteiger partial charge on any atom is 0.255 e. The zero-order chi connectivity index (χ0) is 13.8. The van der Waals surface area contributed by atoms with E-state index < -0.39 is 0 Å². The van der Waals surface area contributed by atoms with Gasteiger partial charge in [0.2, 0.25) is 5.88 Å². The molecule has 1 N–H and O–H groups in total. The number of para-hydroxylation sites is 1. The van der Waals surface area contributed by atoms with Crippen molar-refractivity contribution < 1.29 is 9.53 Å². The monoisotopic (exact) mass is 296 g/mol. The van der Waals surface area contributed by atoms with Crippen LogP contribution < -0.4 is 10.1 Å². The molecule has 0 aliphatic heterocycles. The van der Waals surface area contributed by atoms with Crippen LogP contribution in [0.5, 0.6) is 5.88 Å². The van der Waals surface area contributed by atoms with Crippen LogP contribution in [0.4, 0.5) is 5.69 Å². The van der Waals surface area contributed by atoms with Gasteiger partial charge in [-0.25, -0.2) is 4.98 Å². The number of halogens is 2. The van der Waals surface area contributed by atoms with Crippen molar-refractivity contribution in [3.8, 4) is 5.88 Å². The Morgan fingerprint density at radius 1 is 1.26 bits per heavy atom. The van der Waals surface area contributed by atoms with E-state index in [0.717, 1.165) is 0 Å². The molecule has 2 aromatic rings. The Kier molecular flexibility index (Phi) is 4.24. The van der Waals surface area contributed by atoms with Crippen LogP contribution in [-0.2, 0) is 0 Å².